The first-order chi connectivity index (χ1) is 14.9. The van der Waals surface area contributed by atoms with Gasteiger partial charge in [0.2, 0.25) is 5.28 Å². The molecule has 1 spiro atoms. The van der Waals surface area contributed by atoms with Crippen LogP contribution in [0.15, 0.2) is 16.6 Å². The Hall–Kier alpha value is -1.94. The second-order valence-corrected chi connectivity index (χ2v) is 10.5. The van der Waals surface area contributed by atoms with Gasteiger partial charge in [-0.1, -0.05) is 0 Å². The van der Waals surface area contributed by atoms with Crippen LogP contribution >= 0.6 is 27.5 Å². The highest BCUT2D eigenvalue weighted by atomic mass is 79.9. The first-order valence-electron chi connectivity index (χ1n) is 10.3. The molecule has 2 aliphatic rings. The number of ether oxygens (including phenoxy) is 2. The van der Waals surface area contributed by atoms with E-state index < -0.39 is 12.2 Å². The number of hydrogen-bond acceptors (Lipinski definition) is 6. The van der Waals surface area contributed by atoms with Gasteiger partial charge in [0.1, 0.15) is 17.2 Å². The van der Waals surface area contributed by atoms with E-state index in [-0.39, 0.29) is 22.5 Å². The van der Waals surface area contributed by atoms with Crippen molar-refractivity contribution in [1.82, 2.24) is 14.9 Å². The minimum absolute atomic E-state index is 0.0140. The van der Waals surface area contributed by atoms with Gasteiger partial charge in [-0.05, 0) is 73.3 Å². The van der Waals surface area contributed by atoms with Crippen LogP contribution in [0.3, 0.4) is 0 Å². The third-order valence-electron chi connectivity index (χ3n) is 5.75. The highest BCUT2D eigenvalue weighted by Gasteiger charge is 2.48. The summed E-state index contributed by atoms with van der Waals surface area (Å²) in [7, 11) is 0. The first kappa shape index (κ1) is 23.2. The fourth-order valence-electron chi connectivity index (χ4n) is 4.24. The van der Waals surface area contributed by atoms with E-state index in [0.29, 0.717) is 47.4 Å². The molecule has 0 saturated carbocycles. The molecule has 0 aliphatic carbocycles. The average molecular weight is 534 g/mol. The zero-order valence-corrected chi connectivity index (χ0v) is 20.3. The van der Waals surface area contributed by atoms with Gasteiger partial charge >= 0.3 is 12.7 Å². The van der Waals surface area contributed by atoms with Crippen molar-refractivity contribution in [2.45, 2.75) is 45.8 Å². The van der Waals surface area contributed by atoms with E-state index in [1.807, 2.05) is 20.8 Å². The van der Waals surface area contributed by atoms with Crippen molar-refractivity contribution < 1.29 is 23.0 Å². The lowest BCUT2D eigenvalue weighted by Gasteiger charge is -2.53. The maximum Gasteiger partial charge on any atom is 0.410 e. The van der Waals surface area contributed by atoms with Gasteiger partial charge in [-0.2, -0.15) is 13.8 Å². The zero-order valence-electron chi connectivity index (χ0n) is 18.0. The van der Waals surface area contributed by atoms with E-state index in [4.69, 9.17) is 16.3 Å². The van der Waals surface area contributed by atoms with Crippen molar-refractivity contribution in [3.63, 3.8) is 0 Å². The van der Waals surface area contributed by atoms with Crippen LogP contribution in [-0.2, 0) is 4.74 Å². The van der Waals surface area contributed by atoms with E-state index in [0.717, 1.165) is 12.8 Å². The highest BCUT2D eigenvalue weighted by molar-refractivity contribution is 9.10. The Kier molecular flexibility index (Phi) is 6.13. The molecule has 174 valence electrons. The number of aromatic nitrogens is 2. The fraction of sp³-hybridized carbons (Fsp3) is 0.571. The van der Waals surface area contributed by atoms with Crippen LogP contribution in [0.5, 0.6) is 5.75 Å². The molecule has 3 heterocycles. The number of halogens is 4. The van der Waals surface area contributed by atoms with Gasteiger partial charge < -0.3 is 19.3 Å². The van der Waals surface area contributed by atoms with Gasteiger partial charge in [0.15, 0.2) is 0 Å². The summed E-state index contributed by atoms with van der Waals surface area (Å²) < 4.78 is 36.0. The van der Waals surface area contributed by atoms with E-state index in [1.165, 1.54) is 6.07 Å². The van der Waals surface area contributed by atoms with Crippen LogP contribution < -0.4 is 9.64 Å². The molecule has 11 heteroatoms. The summed E-state index contributed by atoms with van der Waals surface area (Å²) in [5, 5.41) is 0.676. The third-order valence-corrected chi connectivity index (χ3v) is 6.53. The van der Waals surface area contributed by atoms with Gasteiger partial charge in [0.05, 0.1) is 9.99 Å². The zero-order chi connectivity index (χ0) is 23.3. The molecule has 0 unspecified atom stereocenters. The smallest absolute Gasteiger partial charge is 0.410 e. The van der Waals surface area contributed by atoms with Gasteiger partial charge in [-0.3, -0.25) is 0 Å². The van der Waals surface area contributed by atoms with Crippen molar-refractivity contribution in [2.75, 3.05) is 31.1 Å². The largest absolute Gasteiger partial charge is 0.444 e. The molecule has 1 aromatic carbocycles. The number of fused-ring (bicyclic) bond motifs is 1. The molecule has 2 saturated heterocycles. The second-order valence-electron chi connectivity index (χ2n) is 9.32. The molecule has 4 rings (SSSR count). The number of alkyl halides is 2. The van der Waals surface area contributed by atoms with E-state index in [2.05, 4.69) is 35.5 Å². The Morgan fingerprint density at radius 1 is 1.22 bits per heavy atom. The van der Waals surface area contributed by atoms with Crippen molar-refractivity contribution in [2.24, 2.45) is 5.41 Å². The number of nitrogens with zero attached hydrogens (tertiary/aromatic N) is 4. The maximum absolute atomic E-state index is 12.8. The lowest BCUT2D eigenvalue weighted by Crippen LogP contribution is -2.62. The fourth-order valence-corrected chi connectivity index (χ4v) is 4.84. The van der Waals surface area contributed by atoms with Crippen LogP contribution in [0.4, 0.5) is 19.4 Å². The summed E-state index contributed by atoms with van der Waals surface area (Å²) in [5.74, 6) is 0.602. The van der Waals surface area contributed by atoms with Crippen molar-refractivity contribution in [3.8, 4) is 5.75 Å². The minimum atomic E-state index is -2.94. The van der Waals surface area contributed by atoms with Crippen LogP contribution in [0.1, 0.15) is 33.6 Å². The molecule has 0 bridgehead atoms. The number of anilines is 1. The Morgan fingerprint density at radius 3 is 2.47 bits per heavy atom. The maximum atomic E-state index is 12.8. The molecule has 0 atom stereocenters. The minimum Gasteiger partial charge on any atom is -0.444 e. The number of amides is 1. The highest BCUT2D eigenvalue weighted by Crippen LogP contribution is 2.43. The lowest BCUT2D eigenvalue weighted by molar-refractivity contribution is -0.0502. The molecule has 32 heavy (non-hydrogen) atoms. The average Bonchev–Trinajstić information content (AvgIpc) is 2.65. The van der Waals surface area contributed by atoms with E-state index in [9.17, 15) is 13.6 Å². The van der Waals surface area contributed by atoms with Gasteiger partial charge in [-0.15, -0.1) is 0 Å². The van der Waals surface area contributed by atoms with Crippen LogP contribution in [0.25, 0.3) is 10.9 Å². The summed E-state index contributed by atoms with van der Waals surface area (Å²) >= 11 is 9.39. The van der Waals surface area contributed by atoms with Crippen molar-refractivity contribution in [1.29, 1.82) is 0 Å². The summed E-state index contributed by atoms with van der Waals surface area (Å²) in [5.41, 5.74) is 0.0827. The van der Waals surface area contributed by atoms with Crippen LogP contribution in [0, 0.1) is 5.41 Å². The molecule has 0 radical (unpaired) electrons. The third kappa shape index (κ3) is 4.85. The van der Waals surface area contributed by atoms with Gasteiger partial charge in [-0.25, -0.2) is 9.78 Å². The SMILES string of the molecule is CC(C)(C)OC(=O)N1CC2(CCN(c3nc(Cl)nc4cc(Br)c(OC(F)F)cc34)CC2)C1. The summed E-state index contributed by atoms with van der Waals surface area (Å²) in [6.07, 6.45) is 1.45. The predicted octanol–water partition coefficient (Wildman–Crippen LogP) is 5.48. The number of hydrogen-bond donors (Lipinski definition) is 0. The Bertz CT molecular complexity index is 1030. The number of benzene rings is 1. The van der Waals surface area contributed by atoms with E-state index in [1.54, 1.807) is 11.0 Å². The number of rotatable bonds is 3. The molecule has 0 N–H and O–H groups in total. The van der Waals surface area contributed by atoms with Crippen LogP contribution in [-0.4, -0.2) is 59.4 Å². The lowest BCUT2D eigenvalue weighted by atomic mass is 9.72. The number of carbonyl (C=O) groups excluding carboxylic acids is 1. The van der Waals surface area contributed by atoms with Gasteiger partial charge in [0.25, 0.3) is 0 Å². The number of piperidine rings is 1. The summed E-state index contributed by atoms with van der Waals surface area (Å²) in [4.78, 5) is 24.7. The van der Waals surface area contributed by atoms with Crippen molar-refractivity contribution in [3.05, 3.63) is 21.9 Å². The Morgan fingerprint density at radius 2 is 1.88 bits per heavy atom. The summed E-state index contributed by atoms with van der Waals surface area (Å²) in [6.45, 7) is 5.35. The monoisotopic (exact) mass is 532 g/mol. The predicted molar refractivity (Wildman–Crippen MR) is 121 cm³/mol. The normalized spacial score (nSPS) is 18.2. The molecule has 7 nitrogen and oxygen atoms in total. The van der Waals surface area contributed by atoms with E-state index >= 15 is 0 Å². The Labute approximate surface area is 198 Å². The second kappa shape index (κ2) is 8.44. The molecular formula is C21H24BrClF2N4O3. The first-order valence-corrected chi connectivity index (χ1v) is 11.5. The number of likely N-dealkylation sites (tertiary alicyclic amines) is 1. The standard InChI is InChI=1S/C21H24BrClF2N4O3/c1-20(2,3)32-19(30)29-10-21(11-29)4-6-28(7-5-21)16-12-8-15(31-18(24)25)13(22)9-14(12)26-17(23)27-16/h8-9,18H,4-7,10-11H2,1-3H3. The molecule has 1 aromatic heterocycles. The number of carbonyl (C=O) groups is 1. The van der Waals surface area contributed by atoms with Gasteiger partial charge in [0, 0.05) is 37.0 Å². The van der Waals surface area contributed by atoms with Crippen LogP contribution in [0.2, 0.25) is 5.28 Å². The van der Waals surface area contributed by atoms with Crippen molar-refractivity contribution >= 4 is 50.3 Å². The molecular weight excluding hydrogens is 510 g/mol. The molecule has 2 fully saturated rings. The Balaban J connectivity index is 1.49. The quantitative estimate of drug-likeness (QED) is 0.487. The molecule has 2 aromatic rings. The molecule has 2 aliphatic heterocycles. The topological polar surface area (TPSA) is 67.8 Å². The summed E-state index contributed by atoms with van der Waals surface area (Å²) in [6, 6.07) is 3.11. The molecule has 1 amide bonds.